The normalized spacial score (nSPS) is 61.7. The number of hydrogen-bond acceptors (Lipinski definition) is 3. The minimum absolute atomic E-state index is 0.0275. The molecule has 1 N–H and O–H groups in total. The molecule has 2 heterocycles. The Labute approximate surface area is 182 Å². The van der Waals surface area contributed by atoms with Crippen LogP contribution in [0.3, 0.4) is 0 Å². The number of piperidine rings is 2. The van der Waals surface area contributed by atoms with E-state index in [4.69, 9.17) is 0 Å². The predicted molar refractivity (Wildman–Crippen MR) is 118 cm³/mol. The second-order valence-electron chi connectivity index (χ2n) is 14.1. The summed E-state index contributed by atoms with van der Waals surface area (Å²) in [5.74, 6) is 7.23. The van der Waals surface area contributed by atoms with Crippen LogP contribution in [0.1, 0.15) is 77.0 Å². The molecule has 10 rings (SSSR count). The van der Waals surface area contributed by atoms with E-state index in [1.165, 1.54) is 64.7 Å². The number of likely N-dealkylation sites (tertiary alicyclic amines) is 2. The highest BCUT2D eigenvalue weighted by atomic mass is 16.3. The second kappa shape index (κ2) is 6.06. The summed E-state index contributed by atoms with van der Waals surface area (Å²) in [4.78, 5) is 5.97. The summed E-state index contributed by atoms with van der Waals surface area (Å²) in [5.41, 5.74) is 1.07. The Morgan fingerprint density at radius 3 is 1.00 bits per heavy atom. The molecular weight excluding hydrogens is 368 g/mol. The SMILES string of the molecule is OC1C2CN(C34CC5CC(CC(C5)C3)C4)CC1CN(C13CC4CC(CC(C4)C1)C3)C2. The Morgan fingerprint density at radius 1 is 0.467 bits per heavy atom. The van der Waals surface area contributed by atoms with Crippen LogP contribution in [-0.4, -0.2) is 58.3 Å². The van der Waals surface area contributed by atoms with Gasteiger partial charge in [-0.05, 0) is 113 Å². The maximum absolute atomic E-state index is 11.2. The molecule has 0 aromatic rings. The fraction of sp³-hybridized carbons (Fsp3) is 1.00. The van der Waals surface area contributed by atoms with Gasteiger partial charge in [-0.1, -0.05) is 0 Å². The van der Waals surface area contributed by atoms with Gasteiger partial charge < -0.3 is 5.11 Å². The number of fused-ring (bicyclic) bond motifs is 2. The van der Waals surface area contributed by atoms with Crippen molar-refractivity contribution in [3.05, 3.63) is 0 Å². The van der Waals surface area contributed by atoms with Crippen LogP contribution in [0.25, 0.3) is 0 Å². The molecule has 0 radical (unpaired) electrons. The van der Waals surface area contributed by atoms with Gasteiger partial charge >= 0.3 is 0 Å². The van der Waals surface area contributed by atoms with Crippen molar-refractivity contribution in [3.63, 3.8) is 0 Å². The first kappa shape index (κ1) is 18.3. The van der Waals surface area contributed by atoms with Crippen LogP contribution < -0.4 is 0 Å². The van der Waals surface area contributed by atoms with Gasteiger partial charge in [0.05, 0.1) is 6.10 Å². The van der Waals surface area contributed by atoms with Crippen molar-refractivity contribution < 1.29 is 5.11 Å². The molecule has 3 nitrogen and oxygen atoms in total. The van der Waals surface area contributed by atoms with Crippen LogP contribution in [-0.2, 0) is 0 Å². The standard InChI is InChI=1S/C27H42N2O/c30-25-23-13-28(26-7-17-1-18(8-26)3-19(2-17)9-26)14-24(25)16-29(15-23)27-10-20-4-21(11-27)6-22(5-20)12-27/h17-25,30H,1-16H2. The molecule has 8 saturated carbocycles. The van der Waals surface area contributed by atoms with Crippen LogP contribution in [0.4, 0.5) is 0 Å². The van der Waals surface area contributed by atoms with Gasteiger partial charge in [-0.25, -0.2) is 0 Å². The van der Waals surface area contributed by atoms with E-state index in [2.05, 4.69) is 9.80 Å². The van der Waals surface area contributed by atoms with E-state index in [9.17, 15) is 5.11 Å². The monoisotopic (exact) mass is 410 g/mol. The molecule has 3 heteroatoms. The summed E-state index contributed by atoms with van der Waals surface area (Å²) < 4.78 is 0. The van der Waals surface area contributed by atoms with Crippen molar-refractivity contribution in [1.82, 2.24) is 9.80 Å². The highest BCUT2D eigenvalue weighted by Crippen LogP contribution is 2.60. The zero-order valence-corrected chi connectivity index (χ0v) is 18.9. The van der Waals surface area contributed by atoms with Crippen LogP contribution in [0.5, 0.6) is 0 Å². The third kappa shape index (κ3) is 2.49. The maximum Gasteiger partial charge on any atom is 0.0645 e. The average Bonchev–Trinajstić information content (AvgIpc) is 2.65. The highest BCUT2D eigenvalue weighted by molar-refractivity contribution is 5.13. The molecule has 0 spiro atoms. The summed E-state index contributed by atoms with van der Waals surface area (Å²) >= 11 is 0. The molecular formula is C27H42N2O. The van der Waals surface area contributed by atoms with Gasteiger partial charge in [0.15, 0.2) is 0 Å². The third-order valence-electron chi connectivity index (χ3n) is 12.1. The Morgan fingerprint density at radius 2 is 0.733 bits per heavy atom. The number of hydrogen-bond donors (Lipinski definition) is 1. The average molecular weight is 411 g/mol. The van der Waals surface area contributed by atoms with E-state index in [0.29, 0.717) is 22.9 Å². The van der Waals surface area contributed by atoms with Crippen LogP contribution in [0, 0.1) is 47.3 Å². The van der Waals surface area contributed by atoms with Crippen molar-refractivity contribution in [3.8, 4) is 0 Å². The van der Waals surface area contributed by atoms with E-state index < -0.39 is 0 Å². The summed E-state index contributed by atoms with van der Waals surface area (Å²) in [5, 5.41) is 11.2. The first-order valence-electron chi connectivity index (χ1n) is 13.7. The van der Waals surface area contributed by atoms with Crippen molar-refractivity contribution in [2.75, 3.05) is 26.2 Å². The largest absolute Gasteiger partial charge is 0.392 e. The molecule has 10 aliphatic rings. The van der Waals surface area contributed by atoms with Crippen molar-refractivity contribution in [1.29, 1.82) is 0 Å². The molecule has 0 atom stereocenters. The molecule has 0 amide bonds. The summed E-state index contributed by atoms with van der Waals surface area (Å²) in [6.45, 7) is 4.80. The van der Waals surface area contributed by atoms with Crippen LogP contribution in [0.2, 0.25) is 0 Å². The Kier molecular flexibility index (Phi) is 3.70. The van der Waals surface area contributed by atoms with Crippen molar-refractivity contribution in [2.45, 2.75) is 94.2 Å². The summed E-state index contributed by atoms with van der Waals surface area (Å²) in [6, 6.07) is 0. The zero-order valence-electron chi connectivity index (χ0n) is 18.9. The Balaban J connectivity index is 1.05. The van der Waals surface area contributed by atoms with Gasteiger partial charge in [0, 0.05) is 49.1 Å². The molecule has 2 saturated heterocycles. The smallest absolute Gasteiger partial charge is 0.0645 e. The van der Waals surface area contributed by atoms with E-state index in [0.717, 1.165) is 35.5 Å². The lowest BCUT2D eigenvalue weighted by Crippen LogP contribution is -2.71. The quantitative estimate of drug-likeness (QED) is 0.741. The molecule has 2 aliphatic heterocycles. The van der Waals surface area contributed by atoms with Gasteiger partial charge in [0.1, 0.15) is 0 Å². The minimum Gasteiger partial charge on any atom is -0.392 e. The van der Waals surface area contributed by atoms with Crippen LogP contribution >= 0.6 is 0 Å². The highest BCUT2D eigenvalue weighted by Gasteiger charge is 2.59. The fourth-order valence-corrected chi connectivity index (χ4v) is 11.9. The van der Waals surface area contributed by atoms with Gasteiger partial charge in [-0.2, -0.15) is 0 Å². The molecule has 10 bridgehead atoms. The molecule has 0 unspecified atom stereocenters. The lowest BCUT2D eigenvalue weighted by atomic mass is 9.51. The van der Waals surface area contributed by atoms with E-state index in [-0.39, 0.29) is 6.10 Å². The molecule has 30 heavy (non-hydrogen) atoms. The van der Waals surface area contributed by atoms with E-state index >= 15 is 0 Å². The summed E-state index contributed by atoms with van der Waals surface area (Å²) in [6.07, 6.45) is 18.2. The van der Waals surface area contributed by atoms with E-state index in [1.807, 2.05) is 0 Å². The second-order valence-corrected chi connectivity index (χ2v) is 14.1. The molecule has 0 aromatic heterocycles. The molecule has 8 aliphatic carbocycles. The fourth-order valence-electron chi connectivity index (χ4n) is 11.9. The predicted octanol–water partition coefficient (Wildman–Crippen LogP) is 4.15. The molecule has 0 aromatic carbocycles. The van der Waals surface area contributed by atoms with E-state index in [1.54, 1.807) is 38.5 Å². The summed E-state index contributed by atoms with van der Waals surface area (Å²) in [7, 11) is 0. The topological polar surface area (TPSA) is 26.7 Å². The third-order valence-corrected chi connectivity index (χ3v) is 12.1. The Hall–Kier alpha value is -0.120. The van der Waals surface area contributed by atoms with Crippen molar-refractivity contribution >= 4 is 0 Å². The minimum atomic E-state index is -0.0275. The first-order chi connectivity index (χ1) is 14.6. The number of aliphatic hydroxyl groups excluding tert-OH is 1. The lowest BCUT2D eigenvalue weighted by molar-refractivity contribution is -0.177. The number of aliphatic hydroxyl groups is 1. The molecule has 166 valence electrons. The van der Waals surface area contributed by atoms with Crippen molar-refractivity contribution in [2.24, 2.45) is 47.3 Å². The van der Waals surface area contributed by atoms with Crippen LogP contribution in [0.15, 0.2) is 0 Å². The lowest BCUT2D eigenvalue weighted by Gasteiger charge is -2.66. The van der Waals surface area contributed by atoms with Gasteiger partial charge in [-0.15, -0.1) is 0 Å². The Bertz CT molecular complexity index is 590. The zero-order chi connectivity index (χ0) is 19.7. The van der Waals surface area contributed by atoms with Gasteiger partial charge in [0.25, 0.3) is 0 Å². The van der Waals surface area contributed by atoms with Gasteiger partial charge in [0.2, 0.25) is 0 Å². The molecule has 10 fully saturated rings. The van der Waals surface area contributed by atoms with Gasteiger partial charge in [-0.3, -0.25) is 9.80 Å². The maximum atomic E-state index is 11.2. The number of rotatable bonds is 2. The number of nitrogens with zero attached hydrogens (tertiary/aromatic N) is 2. The first-order valence-corrected chi connectivity index (χ1v) is 13.7.